The predicted octanol–water partition coefficient (Wildman–Crippen LogP) is 5.10. The van der Waals surface area contributed by atoms with Crippen molar-refractivity contribution in [2.24, 2.45) is 0 Å². The zero-order valence-corrected chi connectivity index (χ0v) is 16.8. The van der Waals surface area contributed by atoms with Gasteiger partial charge in [-0.1, -0.05) is 46.3 Å². The molecule has 4 aromatic rings. The Labute approximate surface area is 165 Å². The minimum absolute atomic E-state index is 0.181. The van der Waals surface area contributed by atoms with Gasteiger partial charge in [0.2, 0.25) is 0 Å². The van der Waals surface area contributed by atoms with E-state index in [0.717, 1.165) is 15.6 Å². The van der Waals surface area contributed by atoms with Crippen LogP contribution in [0.3, 0.4) is 0 Å². The number of imidazole rings is 1. The third-order valence-electron chi connectivity index (χ3n) is 4.24. The first kappa shape index (κ1) is 17.8. The van der Waals surface area contributed by atoms with Crippen molar-refractivity contribution in [2.75, 3.05) is 4.72 Å². The zero-order valence-electron chi connectivity index (χ0n) is 14.4. The summed E-state index contributed by atoms with van der Waals surface area (Å²) in [6.45, 7) is 1.85. The number of rotatable bonds is 4. The normalized spacial score (nSPS) is 11.6. The summed E-state index contributed by atoms with van der Waals surface area (Å²) < 4.78 is 29.2. The van der Waals surface area contributed by atoms with E-state index in [0.29, 0.717) is 22.5 Å². The lowest BCUT2D eigenvalue weighted by Gasteiger charge is -2.11. The van der Waals surface area contributed by atoms with Gasteiger partial charge in [0.25, 0.3) is 10.0 Å². The Balaban J connectivity index is 1.70. The largest absolute Gasteiger partial charge is 0.338 e. The van der Waals surface area contributed by atoms with E-state index in [-0.39, 0.29) is 4.90 Å². The molecule has 136 valence electrons. The molecule has 0 amide bonds. The van der Waals surface area contributed by atoms with Gasteiger partial charge in [-0.25, -0.2) is 13.4 Å². The molecule has 1 heterocycles. The van der Waals surface area contributed by atoms with E-state index < -0.39 is 10.0 Å². The van der Waals surface area contributed by atoms with Crippen molar-refractivity contribution in [3.05, 3.63) is 76.8 Å². The van der Waals surface area contributed by atoms with Gasteiger partial charge in [0, 0.05) is 10.0 Å². The molecule has 1 aromatic heterocycles. The average molecular weight is 442 g/mol. The molecule has 0 unspecified atom stereocenters. The lowest BCUT2D eigenvalue weighted by atomic mass is 10.2. The van der Waals surface area contributed by atoms with E-state index in [4.69, 9.17) is 0 Å². The molecule has 0 saturated carbocycles. The average Bonchev–Trinajstić information content (AvgIpc) is 3.08. The number of hydrogen-bond acceptors (Lipinski definition) is 3. The van der Waals surface area contributed by atoms with Crippen molar-refractivity contribution < 1.29 is 8.42 Å². The van der Waals surface area contributed by atoms with Crippen molar-refractivity contribution >= 4 is 42.7 Å². The van der Waals surface area contributed by atoms with E-state index in [1.165, 1.54) is 0 Å². The number of anilines is 1. The van der Waals surface area contributed by atoms with Crippen LogP contribution in [-0.2, 0) is 10.0 Å². The van der Waals surface area contributed by atoms with E-state index in [1.807, 2.05) is 43.3 Å². The zero-order chi connectivity index (χ0) is 19.0. The summed E-state index contributed by atoms with van der Waals surface area (Å²) in [6.07, 6.45) is 0. The van der Waals surface area contributed by atoms with Crippen molar-refractivity contribution in [3.63, 3.8) is 0 Å². The molecule has 0 atom stereocenters. The monoisotopic (exact) mass is 441 g/mol. The highest BCUT2D eigenvalue weighted by molar-refractivity contribution is 9.10. The summed E-state index contributed by atoms with van der Waals surface area (Å²) in [7, 11) is -3.71. The number of nitrogens with zero attached hydrogens (tertiary/aromatic N) is 1. The van der Waals surface area contributed by atoms with Gasteiger partial charge in [-0.05, 0) is 48.9 Å². The first-order chi connectivity index (χ1) is 12.9. The molecular weight excluding hydrogens is 426 g/mol. The van der Waals surface area contributed by atoms with Crippen molar-refractivity contribution in [3.8, 4) is 11.4 Å². The summed E-state index contributed by atoms with van der Waals surface area (Å²) in [5.74, 6) is 0.705. The molecule has 0 aliphatic rings. The Morgan fingerprint density at radius 3 is 2.52 bits per heavy atom. The molecule has 3 aromatic carbocycles. The molecule has 7 heteroatoms. The Morgan fingerprint density at radius 1 is 1.00 bits per heavy atom. The fourth-order valence-corrected chi connectivity index (χ4v) is 4.47. The number of halogens is 1. The predicted molar refractivity (Wildman–Crippen MR) is 111 cm³/mol. The fourth-order valence-electron chi connectivity index (χ4n) is 2.83. The molecule has 0 bridgehead atoms. The molecule has 0 saturated heterocycles. The van der Waals surface area contributed by atoms with Gasteiger partial charge >= 0.3 is 0 Å². The van der Waals surface area contributed by atoms with E-state index in [1.54, 1.807) is 30.3 Å². The second-order valence-corrected chi connectivity index (χ2v) is 8.79. The van der Waals surface area contributed by atoms with E-state index in [9.17, 15) is 8.42 Å². The first-order valence-corrected chi connectivity index (χ1v) is 10.5. The number of hydrogen-bond donors (Lipinski definition) is 2. The summed E-state index contributed by atoms with van der Waals surface area (Å²) >= 11 is 3.38. The van der Waals surface area contributed by atoms with Crippen LogP contribution >= 0.6 is 15.9 Å². The molecule has 5 nitrogen and oxygen atoms in total. The van der Waals surface area contributed by atoms with Crippen LogP contribution in [-0.4, -0.2) is 18.4 Å². The van der Waals surface area contributed by atoms with Gasteiger partial charge in [0.1, 0.15) is 5.82 Å². The Hall–Kier alpha value is -2.64. The number of aromatic nitrogens is 2. The maximum absolute atomic E-state index is 12.8. The highest BCUT2D eigenvalue weighted by Gasteiger charge is 2.17. The minimum atomic E-state index is -3.71. The van der Waals surface area contributed by atoms with Crippen LogP contribution in [0.25, 0.3) is 22.4 Å². The highest BCUT2D eigenvalue weighted by Crippen LogP contribution is 2.26. The van der Waals surface area contributed by atoms with Crippen LogP contribution in [0.5, 0.6) is 0 Å². The van der Waals surface area contributed by atoms with Gasteiger partial charge in [0.15, 0.2) is 0 Å². The molecule has 4 rings (SSSR count). The van der Waals surface area contributed by atoms with Crippen LogP contribution in [0.1, 0.15) is 5.56 Å². The number of aromatic amines is 1. The smallest absolute Gasteiger partial charge is 0.261 e. The van der Waals surface area contributed by atoms with Gasteiger partial charge in [-0.3, -0.25) is 4.72 Å². The molecule has 0 fully saturated rings. The fraction of sp³-hybridized carbons (Fsp3) is 0.0500. The third kappa shape index (κ3) is 3.61. The number of H-pyrrole nitrogens is 1. The first-order valence-electron chi connectivity index (χ1n) is 8.26. The quantitative estimate of drug-likeness (QED) is 0.462. The number of nitrogens with one attached hydrogen (secondary N) is 2. The van der Waals surface area contributed by atoms with Crippen LogP contribution in [0.15, 0.2) is 76.1 Å². The number of benzene rings is 3. The maximum atomic E-state index is 12.8. The summed E-state index contributed by atoms with van der Waals surface area (Å²) in [5, 5.41) is 0. The summed E-state index contributed by atoms with van der Waals surface area (Å²) in [4.78, 5) is 7.92. The van der Waals surface area contributed by atoms with Crippen molar-refractivity contribution in [1.82, 2.24) is 9.97 Å². The number of aryl methyl sites for hydroxylation is 1. The molecule has 0 radical (unpaired) electrons. The second-order valence-electron chi connectivity index (χ2n) is 6.20. The highest BCUT2D eigenvalue weighted by atomic mass is 79.9. The van der Waals surface area contributed by atoms with Crippen LogP contribution in [0.2, 0.25) is 0 Å². The lowest BCUT2D eigenvalue weighted by molar-refractivity contribution is 0.601. The second kappa shape index (κ2) is 6.83. The van der Waals surface area contributed by atoms with Crippen LogP contribution in [0, 0.1) is 6.92 Å². The standard InChI is InChI=1S/C20H16BrN3O2S/c1-13-11-15(21)7-9-17(13)24-27(25,26)16-8-10-18-19(12-16)23-20(22-18)14-5-3-2-4-6-14/h2-12,24H,1H3,(H,22,23). The van der Waals surface area contributed by atoms with Gasteiger partial charge < -0.3 is 4.98 Å². The van der Waals surface area contributed by atoms with Gasteiger partial charge in [0.05, 0.1) is 21.6 Å². The molecule has 2 N–H and O–H groups in total. The number of fused-ring (bicyclic) bond motifs is 1. The molecule has 0 spiro atoms. The summed E-state index contributed by atoms with van der Waals surface area (Å²) in [5.41, 5.74) is 3.72. The Morgan fingerprint density at radius 2 is 1.78 bits per heavy atom. The SMILES string of the molecule is Cc1cc(Br)ccc1NS(=O)(=O)c1ccc2nc(-c3ccccc3)[nH]c2c1. The Bertz CT molecular complexity index is 1230. The van der Waals surface area contributed by atoms with Crippen molar-refractivity contribution in [2.45, 2.75) is 11.8 Å². The lowest BCUT2D eigenvalue weighted by Crippen LogP contribution is -2.13. The van der Waals surface area contributed by atoms with Crippen LogP contribution < -0.4 is 4.72 Å². The topological polar surface area (TPSA) is 74.8 Å². The third-order valence-corrected chi connectivity index (χ3v) is 6.10. The van der Waals surface area contributed by atoms with E-state index in [2.05, 4.69) is 30.6 Å². The minimum Gasteiger partial charge on any atom is -0.338 e. The Kier molecular flexibility index (Phi) is 4.49. The summed E-state index contributed by atoms with van der Waals surface area (Å²) in [6, 6.07) is 20.0. The van der Waals surface area contributed by atoms with E-state index >= 15 is 0 Å². The molecule has 0 aliphatic heterocycles. The molecule has 0 aliphatic carbocycles. The van der Waals surface area contributed by atoms with Gasteiger partial charge in [-0.15, -0.1) is 0 Å². The number of sulfonamides is 1. The molecular formula is C20H16BrN3O2S. The molecule has 27 heavy (non-hydrogen) atoms. The van der Waals surface area contributed by atoms with Crippen molar-refractivity contribution in [1.29, 1.82) is 0 Å². The van der Waals surface area contributed by atoms with Gasteiger partial charge in [-0.2, -0.15) is 0 Å². The van der Waals surface area contributed by atoms with Crippen LogP contribution in [0.4, 0.5) is 5.69 Å². The maximum Gasteiger partial charge on any atom is 0.261 e.